The van der Waals surface area contributed by atoms with Crippen LogP contribution < -0.4 is 10.6 Å². The largest absolute Gasteiger partial charge is 0.465 e. The summed E-state index contributed by atoms with van der Waals surface area (Å²) in [5.74, 6) is 1.19. The van der Waals surface area contributed by atoms with Gasteiger partial charge < -0.3 is 25.2 Å². The van der Waals surface area contributed by atoms with Crippen LogP contribution in [-0.2, 0) is 14.3 Å². The number of rotatable bonds is 15. The fraction of sp³-hybridized carbons (Fsp3) is 0.895. The van der Waals surface area contributed by atoms with Gasteiger partial charge in [0.05, 0.1) is 19.8 Å². The first kappa shape index (κ1) is 24.0. The van der Waals surface area contributed by atoms with E-state index in [1.54, 1.807) is 0 Å². The first-order valence-electron chi connectivity index (χ1n) is 10.1. The number of nitrogens with one attached hydrogen (secondary N) is 2. The second kappa shape index (κ2) is 16.0. The summed E-state index contributed by atoms with van der Waals surface area (Å²) in [6.07, 6.45) is 6.86. The number of hydrogen-bond acceptors (Lipinski definition) is 4. The second-order valence-electron chi connectivity index (χ2n) is 7.02. The lowest BCUT2D eigenvalue weighted by atomic mass is 9.81. The molecule has 1 saturated carbocycles. The van der Waals surface area contributed by atoms with E-state index in [1.807, 2.05) is 0 Å². The fourth-order valence-electron chi connectivity index (χ4n) is 3.23. The summed E-state index contributed by atoms with van der Waals surface area (Å²) in [7, 11) is 0. The molecule has 0 aromatic rings. The molecule has 0 heterocycles. The number of carbonyl (C=O) groups excluding carboxylic acids is 1. The number of carboxylic acid groups (broad SMARTS) is 1. The van der Waals surface area contributed by atoms with E-state index in [-0.39, 0.29) is 11.8 Å². The van der Waals surface area contributed by atoms with Gasteiger partial charge in [0.15, 0.2) is 0 Å². The molecule has 0 aromatic carbocycles. The Bertz CT molecular complexity index is 404. The molecule has 0 bridgehead atoms. The summed E-state index contributed by atoms with van der Waals surface area (Å²) >= 11 is 5.62. The molecule has 2 amide bonds. The summed E-state index contributed by atoms with van der Waals surface area (Å²) in [5, 5.41) is 14.0. The molecule has 0 atom stereocenters. The standard InChI is InChI=1S/C19H35ClN2O5/c20-9-3-1-2-4-11-26-13-14-27-12-10-21-18(23)17-7-5-16(6-8-17)15-22-19(24)25/h16-17,22H,1-15H2,(H,21,23)(H,24,25). The first-order valence-corrected chi connectivity index (χ1v) is 10.6. The van der Waals surface area contributed by atoms with E-state index >= 15 is 0 Å². The SMILES string of the molecule is O=C(O)NCC1CCC(C(=O)NCCOCCOCCCCCCCl)CC1. The van der Waals surface area contributed by atoms with Gasteiger partial charge in [0.25, 0.3) is 0 Å². The van der Waals surface area contributed by atoms with E-state index < -0.39 is 6.09 Å². The van der Waals surface area contributed by atoms with Gasteiger partial charge in [-0.25, -0.2) is 4.79 Å². The predicted molar refractivity (Wildman–Crippen MR) is 105 cm³/mol. The van der Waals surface area contributed by atoms with Gasteiger partial charge >= 0.3 is 6.09 Å². The average Bonchev–Trinajstić information content (AvgIpc) is 2.67. The maximum atomic E-state index is 12.1. The number of hydrogen-bond donors (Lipinski definition) is 3. The third-order valence-corrected chi connectivity index (χ3v) is 5.12. The minimum Gasteiger partial charge on any atom is -0.465 e. The molecule has 1 aliphatic rings. The van der Waals surface area contributed by atoms with Crippen LogP contribution in [0, 0.1) is 11.8 Å². The van der Waals surface area contributed by atoms with Crippen LogP contribution in [0.15, 0.2) is 0 Å². The summed E-state index contributed by atoms with van der Waals surface area (Å²) < 4.78 is 11.0. The van der Waals surface area contributed by atoms with E-state index in [4.69, 9.17) is 26.2 Å². The highest BCUT2D eigenvalue weighted by Gasteiger charge is 2.26. The van der Waals surface area contributed by atoms with Crippen LogP contribution in [0.5, 0.6) is 0 Å². The van der Waals surface area contributed by atoms with Crippen molar-refractivity contribution in [2.75, 3.05) is 45.4 Å². The van der Waals surface area contributed by atoms with Crippen LogP contribution in [0.1, 0.15) is 51.4 Å². The summed E-state index contributed by atoms with van der Waals surface area (Å²) in [6, 6.07) is 0. The molecule has 8 heteroatoms. The Kier molecular flexibility index (Phi) is 14.2. The zero-order valence-electron chi connectivity index (χ0n) is 16.2. The van der Waals surface area contributed by atoms with Gasteiger partial charge in [-0.15, -0.1) is 11.6 Å². The molecule has 158 valence electrons. The molecule has 0 aromatic heterocycles. The topological polar surface area (TPSA) is 96.9 Å². The number of halogens is 1. The Hall–Kier alpha value is -1.05. The van der Waals surface area contributed by atoms with Gasteiger partial charge in [0, 0.05) is 31.5 Å². The lowest BCUT2D eigenvalue weighted by Gasteiger charge is -2.27. The van der Waals surface area contributed by atoms with Crippen LogP contribution >= 0.6 is 11.6 Å². The molecular formula is C19H35ClN2O5. The Morgan fingerprint density at radius 3 is 2.22 bits per heavy atom. The Balaban J connectivity index is 1.90. The normalized spacial score (nSPS) is 19.6. The van der Waals surface area contributed by atoms with E-state index in [0.29, 0.717) is 38.8 Å². The zero-order chi connectivity index (χ0) is 19.7. The molecule has 0 radical (unpaired) electrons. The van der Waals surface area contributed by atoms with Crippen molar-refractivity contribution >= 4 is 23.6 Å². The van der Waals surface area contributed by atoms with Crippen molar-refractivity contribution in [1.82, 2.24) is 10.6 Å². The Morgan fingerprint density at radius 1 is 0.889 bits per heavy atom. The van der Waals surface area contributed by atoms with Crippen LogP contribution in [0.4, 0.5) is 4.79 Å². The Morgan fingerprint density at radius 2 is 1.56 bits per heavy atom. The number of carbonyl (C=O) groups is 2. The monoisotopic (exact) mass is 406 g/mol. The van der Waals surface area contributed by atoms with E-state index in [1.165, 1.54) is 0 Å². The van der Waals surface area contributed by atoms with Crippen molar-refractivity contribution in [3.63, 3.8) is 0 Å². The summed E-state index contributed by atoms with van der Waals surface area (Å²) in [6.45, 7) is 3.36. The van der Waals surface area contributed by atoms with Gasteiger partial charge in [-0.2, -0.15) is 0 Å². The van der Waals surface area contributed by atoms with Crippen LogP contribution in [0.25, 0.3) is 0 Å². The molecule has 27 heavy (non-hydrogen) atoms. The van der Waals surface area contributed by atoms with Crippen LogP contribution in [0.3, 0.4) is 0 Å². The summed E-state index contributed by atoms with van der Waals surface area (Å²) in [5.41, 5.74) is 0. The molecule has 0 saturated heterocycles. The van der Waals surface area contributed by atoms with Gasteiger partial charge in [-0.3, -0.25) is 4.79 Å². The van der Waals surface area contributed by atoms with E-state index in [0.717, 1.165) is 63.9 Å². The van der Waals surface area contributed by atoms with Crippen molar-refractivity contribution in [2.45, 2.75) is 51.4 Å². The molecule has 1 aliphatic carbocycles. The van der Waals surface area contributed by atoms with Gasteiger partial charge in [-0.05, 0) is 44.4 Å². The summed E-state index contributed by atoms with van der Waals surface area (Å²) in [4.78, 5) is 22.7. The van der Waals surface area contributed by atoms with Crippen molar-refractivity contribution in [1.29, 1.82) is 0 Å². The predicted octanol–water partition coefficient (Wildman–Crippen LogP) is 3.01. The highest BCUT2D eigenvalue weighted by molar-refractivity contribution is 6.17. The van der Waals surface area contributed by atoms with Crippen LogP contribution in [-0.4, -0.2) is 62.5 Å². The number of amides is 2. The van der Waals surface area contributed by atoms with Crippen molar-refractivity contribution in [2.24, 2.45) is 11.8 Å². The van der Waals surface area contributed by atoms with Gasteiger partial charge in [0.2, 0.25) is 5.91 Å². The number of unbranched alkanes of at least 4 members (excludes halogenated alkanes) is 3. The molecule has 0 unspecified atom stereocenters. The van der Waals surface area contributed by atoms with E-state index in [2.05, 4.69) is 10.6 Å². The number of alkyl halides is 1. The molecule has 0 spiro atoms. The molecule has 1 rings (SSSR count). The highest BCUT2D eigenvalue weighted by Crippen LogP contribution is 2.28. The molecular weight excluding hydrogens is 372 g/mol. The Labute approximate surface area is 167 Å². The molecule has 7 nitrogen and oxygen atoms in total. The number of ether oxygens (including phenoxy) is 2. The van der Waals surface area contributed by atoms with Gasteiger partial charge in [0.1, 0.15) is 0 Å². The minimum atomic E-state index is -0.984. The third-order valence-electron chi connectivity index (χ3n) is 4.85. The fourth-order valence-corrected chi connectivity index (χ4v) is 3.41. The average molecular weight is 407 g/mol. The lowest BCUT2D eigenvalue weighted by molar-refractivity contribution is -0.126. The maximum absolute atomic E-state index is 12.1. The zero-order valence-corrected chi connectivity index (χ0v) is 17.0. The quantitative estimate of drug-likeness (QED) is 0.287. The molecule has 1 fully saturated rings. The van der Waals surface area contributed by atoms with Gasteiger partial charge in [-0.1, -0.05) is 12.8 Å². The van der Waals surface area contributed by atoms with Crippen molar-refractivity contribution in [3.05, 3.63) is 0 Å². The lowest BCUT2D eigenvalue weighted by Crippen LogP contribution is -2.37. The van der Waals surface area contributed by atoms with Crippen molar-refractivity contribution < 1.29 is 24.2 Å². The third kappa shape index (κ3) is 12.9. The van der Waals surface area contributed by atoms with Crippen LogP contribution in [0.2, 0.25) is 0 Å². The van der Waals surface area contributed by atoms with Crippen molar-refractivity contribution in [3.8, 4) is 0 Å². The smallest absolute Gasteiger partial charge is 0.404 e. The highest BCUT2D eigenvalue weighted by atomic mass is 35.5. The molecule has 3 N–H and O–H groups in total. The molecule has 0 aliphatic heterocycles. The van der Waals surface area contributed by atoms with E-state index in [9.17, 15) is 9.59 Å². The first-order chi connectivity index (χ1) is 13.1. The minimum absolute atomic E-state index is 0.0354. The second-order valence-corrected chi connectivity index (χ2v) is 7.40. The maximum Gasteiger partial charge on any atom is 0.404 e.